The lowest BCUT2D eigenvalue weighted by Gasteiger charge is -2.48. The Morgan fingerprint density at radius 2 is 0.629 bits per heavy atom. The lowest BCUT2D eigenvalue weighted by molar-refractivity contribution is 0.00802. The van der Waals surface area contributed by atoms with Crippen LogP contribution in [0.25, 0.3) is 0 Å². The van der Waals surface area contributed by atoms with Crippen LogP contribution in [0.5, 0.6) is 0 Å². The summed E-state index contributed by atoms with van der Waals surface area (Å²) in [6.07, 6.45) is 5.69. The van der Waals surface area contributed by atoms with Gasteiger partial charge in [0.2, 0.25) is 0 Å². The average Bonchev–Trinajstić information content (AvgIpc) is 4.16. The third-order valence-corrected chi connectivity index (χ3v) is 16.2. The number of nitrogens with zero attached hydrogens (tertiary/aromatic N) is 7. The number of benzene rings is 2. The fourth-order valence-corrected chi connectivity index (χ4v) is 14.7. The minimum Gasteiger partial charge on any atom is -0.362 e. The molecule has 0 amide bonds. The Hall–Kier alpha value is -2.00. The molecule has 0 radical (unpaired) electrons. The third-order valence-electron chi connectivity index (χ3n) is 16.2. The molecule has 0 N–H and O–H groups in total. The van der Waals surface area contributed by atoms with Crippen molar-refractivity contribution in [1.82, 2.24) is 29.4 Å². The van der Waals surface area contributed by atoms with Crippen LogP contribution in [0, 0.1) is 5.92 Å². The first-order chi connectivity index (χ1) is 38.8. The van der Waals surface area contributed by atoms with Gasteiger partial charge in [-0.15, -0.1) is 0 Å². The molecule has 89 heavy (non-hydrogen) atoms. The Bertz CT molecular complexity index is 2020. The SMILES string of the molecule is CC(C)(C)N(C1CC1)C(C)(C)C.CC(C)(C)N(CC1CC1)C(C)(C)C.CC(C)(C)N(Cc1ccccc1)C(C)(C)C.CC(C)(C)N(c1ccccc1)C(C)(C)C.CC(C)N(C(C)(C)C)C(C)(C)C.CCN(C(C)(C)C)C(C)(C)C.CN(C(C)(C)C)C(C)(C)C. The van der Waals surface area contributed by atoms with Crippen molar-refractivity contribution in [2.45, 2.75) is 433 Å². The Morgan fingerprint density at radius 1 is 0.337 bits per heavy atom. The maximum atomic E-state index is 2.65. The smallest absolute Gasteiger partial charge is 0.0374 e. The van der Waals surface area contributed by atoms with Gasteiger partial charge in [0.1, 0.15) is 0 Å². The van der Waals surface area contributed by atoms with E-state index in [0.29, 0.717) is 28.2 Å². The largest absolute Gasteiger partial charge is 0.362 e. The Labute approximate surface area is 562 Å². The summed E-state index contributed by atoms with van der Waals surface area (Å²) in [7, 11) is 2.17. The molecular formula is C82H165N7. The van der Waals surface area contributed by atoms with E-state index in [2.05, 4.69) is 414 Å². The van der Waals surface area contributed by atoms with Crippen molar-refractivity contribution < 1.29 is 0 Å². The van der Waals surface area contributed by atoms with Crippen molar-refractivity contribution >= 4 is 5.69 Å². The number of hydrogen-bond acceptors (Lipinski definition) is 7. The second-order valence-corrected chi connectivity index (χ2v) is 40.6. The van der Waals surface area contributed by atoms with Crippen LogP contribution in [0.15, 0.2) is 60.7 Å². The van der Waals surface area contributed by atoms with Crippen LogP contribution in [0.3, 0.4) is 0 Å². The van der Waals surface area contributed by atoms with Crippen molar-refractivity contribution in [2.75, 3.05) is 25.0 Å². The van der Waals surface area contributed by atoms with Gasteiger partial charge in [-0.3, -0.25) is 29.4 Å². The van der Waals surface area contributed by atoms with Gasteiger partial charge in [-0.2, -0.15) is 0 Å². The van der Waals surface area contributed by atoms with Crippen LogP contribution in [0.4, 0.5) is 5.69 Å². The van der Waals surface area contributed by atoms with Crippen LogP contribution < -0.4 is 4.90 Å². The number of para-hydroxylation sites is 1. The summed E-state index contributed by atoms with van der Waals surface area (Å²) < 4.78 is 0. The number of hydrogen-bond donors (Lipinski definition) is 0. The Morgan fingerprint density at radius 3 is 0.787 bits per heavy atom. The molecule has 0 spiro atoms. The van der Waals surface area contributed by atoms with E-state index >= 15 is 0 Å². The maximum absolute atomic E-state index is 2.65. The van der Waals surface area contributed by atoms with E-state index in [4.69, 9.17) is 0 Å². The van der Waals surface area contributed by atoms with E-state index in [9.17, 15) is 0 Å². The quantitative estimate of drug-likeness (QED) is 0.259. The van der Waals surface area contributed by atoms with Gasteiger partial charge in [0.05, 0.1) is 0 Å². The summed E-state index contributed by atoms with van der Waals surface area (Å²) in [4.78, 5) is 17.7. The molecule has 2 aromatic rings. The molecule has 0 aliphatic heterocycles. The van der Waals surface area contributed by atoms with E-state index in [0.717, 1.165) is 25.0 Å². The van der Waals surface area contributed by atoms with Crippen molar-refractivity contribution in [3.63, 3.8) is 0 Å². The first-order valence-corrected chi connectivity index (χ1v) is 35.3. The van der Waals surface area contributed by atoms with Crippen LogP contribution in [0.1, 0.15) is 343 Å². The second-order valence-electron chi connectivity index (χ2n) is 40.6. The van der Waals surface area contributed by atoms with E-state index < -0.39 is 0 Å². The molecule has 2 aliphatic rings. The molecule has 2 fully saturated rings. The van der Waals surface area contributed by atoms with Crippen molar-refractivity contribution in [3.05, 3.63) is 66.2 Å². The first-order valence-electron chi connectivity index (χ1n) is 35.3. The van der Waals surface area contributed by atoms with Crippen molar-refractivity contribution in [3.8, 4) is 0 Å². The van der Waals surface area contributed by atoms with E-state index in [1.807, 2.05) is 0 Å². The molecule has 2 aliphatic carbocycles. The lowest BCUT2D eigenvalue weighted by Crippen LogP contribution is -2.55. The molecule has 7 heteroatoms. The molecular weight excluding hydrogens is 1080 g/mol. The molecule has 528 valence electrons. The third kappa shape index (κ3) is 38.2. The Balaban J connectivity index is -0.000000975. The molecule has 0 aromatic heterocycles. The van der Waals surface area contributed by atoms with E-state index in [1.165, 1.54) is 43.5 Å². The first kappa shape index (κ1) is 91.2. The fraction of sp³-hybridized carbons (Fsp3) is 0.854. The summed E-state index contributed by atoms with van der Waals surface area (Å²) in [5, 5.41) is 0. The normalized spacial score (nSPS) is 15.4. The van der Waals surface area contributed by atoms with E-state index in [1.54, 1.807) is 0 Å². The van der Waals surface area contributed by atoms with Crippen LogP contribution in [0.2, 0.25) is 0 Å². The molecule has 0 bridgehead atoms. The van der Waals surface area contributed by atoms with Gasteiger partial charge in [-0.25, -0.2) is 0 Å². The van der Waals surface area contributed by atoms with Crippen LogP contribution in [-0.4, -0.2) is 139 Å². The molecule has 0 atom stereocenters. The van der Waals surface area contributed by atoms with Gasteiger partial charge >= 0.3 is 0 Å². The molecule has 0 unspecified atom stereocenters. The summed E-state index contributed by atoms with van der Waals surface area (Å²) in [5.41, 5.74) is 6.21. The zero-order chi connectivity index (χ0) is 71.9. The maximum Gasteiger partial charge on any atom is 0.0374 e. The minimum absolute atomic E-state index is 0.138. The molecule has 7 nitrogen and oxygen atoms in total. The fourth-order valence-electron chi connectivity index (χ4n) is 14.7. The highest BCUT2D eigenvalue weighted by Crippen LogP contribution is 2.39. The van der Waals surface area contributed by atoms with Crippen LogP contribution >= 0.6 is 0 Å². The van der Waals surface area contributed by atoms with Crippen molar-refractivity contribution in [1.29, 1.82) is 0 Å². The van der Waals surface area contributed by atoms with Gasteiger partial charge in [0, 0.05) is 108 Å². The zero-order valence-electron chi connectivity index (χ0n) is 69.6. The monoisotopic (exact) mass is 1250 g/mol. The van der Waals surface area contributed by atoms with Gasteiger partial charge in [-0.1, -0.05) is 55.5 Å². The van der Waals surface area contributed by atoms with Gasteiger partial charge < -0.3 is 4.90 Å². The van der Waals surface area contributed by atoms with Gasteiger partial charge in [0.25, 0.3) is 0 Å². The summed E-state index contributed by atoms with van der Waals surface area (Å²) in [6, 6.07) is 22.8. The molecule has 2 saturated carbocycles. The lowest BCUT2D eigenvalue weighted by atomic mass is 9.94. The van der Waals surface area contributed by atoms with Crippen LogP contribution in [-0.2, 0) is 6.54 Å². The minimum atomic E-state index is 0.138. The zero-order valence-corrected chi connectivity index (χ0v) is 69.6. The predicted molar refractivity (Wildman–Crippen MR) is 409 cm³/mol. The molecule has 2 aromatic carbocycles. The van der Waals surface area contributed by atoms with Crippen molar-refractivity contribution in [2.24, 2.45) is 5.92 Å². The molecule has 0 heterocycles. The van der Waals surface area contributed by atoms with Gasteiger partial charge in [-0.05, 0) is 368 Å². The summed E-state index contributed by atoms with van der Waals surface area (Å²) in [5.74, 6) is 0.985. The Kier molecular flexibility index (Phi) is 34.9. The highest BCUT2D eigenvalue weighted by molar-refractivity contribution is 5.50. The highest BCUT2D eigenvalue weighted by Gasteiger charge is 2.42. The van der Waals surface area contributed by atoms with Gasteiger partial charge in [0.15, 0.2) is 0 Å². The molecule has 0 saturated heterocycles. The number of anilines is 1. The second kappa shape index (κ2) is 34.1. The predicted octanol–water partition coefficient (Wildman–Crippen LogP) is 23.2. The summed E-state index contributed by atoms with van der Waals surface area (Å²) in [6.45, 7) is 106. The standard InChI is InChI=1S/C15H25N.C14H23N.C12H25N.C11H23N.C11H25N.C10H23N.C9H21N/c1-14(2,3)16(15(4,5)6)12-13-10-8-7-9-11-13;1-13(2,3)15(14(4,5)6)12-10-8-7-9-11-12;1-11(2,3)13(12(4,5)6)9-10-7-8-10;1-10(2,3)12(9-7-8-9)11(4,5)6;1-9(2)12(10(3,4)5)11(6,7)8;1-8-11(9(2,3)4)10(5,6)7;1-8(2,3)10(7)9(4,5)6/h7-11H,12H2,1-6H3;7-11H,1-6H3;10H,7-9H2,1-6H3;9H,7-8H2,1-6H3;9H,1-8H3;8H2,1-7H3;1-7H3. The average molecular weight is 1250 g/mol. The topological polar surface area (TPSA) is 22.7 Å². The molecule has 4 rings (SSSR count). The van der Waals surface area contributed by atoms with E-state index in [-0.39, 0.29) is 55.4 Å². The number of rotatable bonds is 8. The highest BCUT2D eigenvalue weighted by atomic mass is 15.3. The summed E-state index contributed by atoms with van der Waals surface area (Å²) >= 11 is 0.